The summed E-state index contributed by atoms with van der Waals surface area (Å²) in [6.45, 7) is 5.17. The van der Waals surface area contributed by atoms with Gasteiger partial charge < -0.3 is 10.6 Å². The van der Waals surface area contributed by atoms with Gasteiger partial charge in [0.15, 0.2) is 0 Å². The molecule has 2 N–H and O–H groups in total. The molecule has 1 aromatic carbocycles. The Hall–Kier alpha value is -2.23. The van der Waals surface area contributed by atoms with E-state index in [0.717, 1.165) is 36.1 Å². The van der Waals surface area contributed by atoms with Crippen LogP contribution in [0.15, 0.2) is 29.2 Å². The van der Waals surface area contributed by atoms with E-state index in [-0.39, 0.29) is 16.7 Å². The topological polar surface area (TPSA) is 95.6 Å². The minimum Gasteiger partial charge on any atom is -0.355 e. The number of rotatable bonds is 5. The summed E-state index contributed by atoms with van der Waals surface area (Å²) in [7, 11) is -2.02. The van der Waals surface area contributed by atoms with Crippen molar-refractivity contribution in [3.63, 3.8) is 0 Å². The lowest BCUT2D eigenvalue weighted by Crippen LogP contribution is -2.42. The number of amides is 2. The van der Waals surface area contributed by atoms with Crippen molar-refractivity contribution in [1.29, 1.82) is 0 Å². The lowest BCUT2D eigenvalue weighted by Gasteiger charge is -2.34. The highest BCUT2D eigenvalue weighted by molar-refractivity contribution is 7.89. The SMILES string of the molecule is CNC(=O)c1c(NC(=O)c2ccc(S(=O)(=O)N3CC(C)CC(C)C3)cc2)sc2c1CCC2. The third kappa shape index (κ3) is 4.33. The molecular formula is C23H29N3O4S2. The summed E-state index contributed by atoms with van der Waals surface area (Å²) in [4.78, 5) is 26.6. The lowest BCUT2D eigenvalue weighted by molar-refractivity contribution is 0.0963. The normalized spacial score (nSPS) is 21.2. The Kier molecular flexibility index (Phi) is 6.42. The summed E-state index contributed by atoms with van der Waals surface area (Å²) in [6, 6.07) is 6.03. The molecule has 9 heteroatoms. The van der Waals surface area contributed by atoms with Gasteiger partial charge in [-0.15, -0.1) is 11.3 Å². The van der Waals surface area contributed by atoms with Crippen LogP contribution in [0.25, 0.3) is 0 Å². The molecule has 2 heterocycles. The highest BCUT2D eigenvalue weighted by atomic mass is 32.2. The fraction of sp³-hybridized carbons (Fsp3) is 0.478. The number of hydrogen-bond donors (Lipinski definition) is 2. The summed E-state index contributed by atoms with van der Waals surface area (Å²) in [5, 5.41) is 6.07. The summed E-state index contributed by atoms with van der Waals surface area (Å²) in [5.74, 6) is 0.0754. The number of benzene rings is 1. The van der Waals surface area contributed by atoms with E-state index < -0.39 is 10.0 Å². The van der Waals surface area contributed by atoms with Crippen LogP contribution in [0.2, 0.25) is 0 Å². The number of thiophene rings is 1. The second kappa shape index (κ2) is 8.96. The maximum absolute atomic E-state index is 13.1. The zero-order valence-corrected chi connectivity index (χ0v) is 20.2. The van der Waals surface area contributed by atoms with Crippen LogP contribution in [0.4, 0.5) is 5.00 Å². The van der Waals surface area contributed by atoms with E-state index in [4.69, 9.17) is 0 Å². The largest absolute Gasteiger partial charge is 0.355 e. The standard InChI is InChI=1S/C23H29N3O4S2/c1-14-11-15(2)13-26(12-14)32(29,30)17-9-7-16(8-10-17)21(27)25-23-20(22(28)24-3)18-5-4-6-19(18)31-23/h7-10,14-15H,4-6,11-13H2,1-3H3,(H,24,28)(H,25,27). The van der Waals surface area contributed by atoms with Crippen molar-refractivity contribution in [2.75, 3.05) is 25.5 Å². The molecule has 4 rings (SSSR count). The number of sulfonamides is 1. The Balaban J connectivity index is 1.53. The van der Waals surface area contributed by atoms with Gasteiger partial charge in [-0.25, -0.2) is 8.42 Å². The molecule has 7 nitrogen and oxygen atoms in total. The third-order valence-electron chi connectivity index (χ3n) is 6.19. The van der Waals surface area contributed by atoms with Crippen LogP contribution in [0.5, 0.6) is 0 Å². The molecule has 1 aliphatic heterocycles. The molecule has 0 spiro atoms. The van der Waals surface area contributed by atoms with Crippen molar-refractivity contribution in [3.05, 3.63) is 45.8 Å². The van der Waals surface area contributed by atoms with Crippen LogP contribution in [0, 0.1) is 11.8 Å². The Labute approximate surface area is 193 Å². The molecule has 172 valence electrons. The molecule has 1 saturated heterocycles. The smallest absolute Gasteiger partial charge is 0.256 e. The van der Waals surface area contributed by atoms with E-state index >= 15 is 0 Å². The van der Waals surface area contributed by atoms with Gasteiger partial charge in [0.2, 0.25) is 10.0 Å². The summed E-state index contributed by atoms with van der Waals surface area (Å²) < 4.78 is 27.7. The van der Waals surface area contributed by atoms with Crippen molar-refractivity contribution in [2.24, 2.45) is 11.8 Å². The molecule has 2 amide bonds. The van der Waals surface area contributed by atoms with Gasteiger partial charge in [-0.2, -0.15) is 4.31 Å². The molecule has 0 bridgehead atoms. The summed E-state index contributed by atoms with van der Waals surface area (Å²) >= 11 is 1.45. The number of aryl methyl sites for hydroxylation is 1. The molecule has 0 radical (unpaired) electrons. The monoisotopic (exact) mass is 475 g/mol. The van der Waals surface area contributed by atoms with E-state index in [1.165, 1.54) is 35.6 Å². The van der Waals surface area contributed by atoms with Crippen LogP contribution < -0.4 is 10.6 Å². The van der Waals surface area contributed by atoms with Gasteiger partial charge in [-0.1, -0.05) is 13.8 Å². The first-order valence-corrected chi connectivity index (χ1v) is 13.2. The molecule has 2 unspecified atom stereocenters. The number of hydrogen-bond acceptors (Lipinski definition) is 5. The number of fused-ring (bicyclic) bond motifs is 1. The second-order valence-corrected chi connectivity index (χ2v) is 11.9. The Morgan fingerprint density at radius 3 is 2.31 bits per heavy atom. The van der Waals surface area contributed by atoms with Gasteiger partial charge in [-0.3, -0.25) is 9.59 Å². The van der Waals surface area contributed by atoms with Crippen molar-refractivity contribution in [1.82, 2.24) is 9.62 Å². The molecule has 1 fully saturated rings. The van der Waals surface area contributed by atoms with E-state index in [2.05, 4.69) is 24.5 Å². The number of anilines is 1. The molecule has 1 aliphatic carbocycles. The number of carbonyl (C=O) groups excluding carboxylic acids is 2. The van der Waals surface area contributed by atoms with Crippen molar-refractivity contribution in [2.45, 2.75) is 44.4 Å². The van der Waals surface area contributed by atoms with Crippen molar-refractivity contribution >= 4 is 38.2 Å². The Bertz CT molecular complexity index is 1130. The Morgan fingerprint density at radius 1 is 1.03 bits per heavy atom. The first-order valence-electron chi connectivity index (χ1n) is 11.0. The first-order chi connectivity index (χ1) is 15.2. The van der Waals surface area contributed by atoms with Gasteiger partial charge in [0.1, 0.15) is 5.00 Å². The fourth-order valence-electron chi connectivity index (χ4n) is 4.76. The number of carbonyl (C=O) groups is 2. The fourth-order valence-corrected chi connectivity index (χ4v) is 7.72. The molecule has 0 saturated carbocycles. The van der Waals surface area contributed by atoms with E-state index in [9.17, 15) is 18.0 Å². The number of piperidine rings is 1. The maximum atomic E-state index is 13.1. The quantitative estimate of drug-likeness (QED) is 0.692. The van der Waals surface area contributed by atoms with Crippen LogP contribution in [-0.4, -0.2) is 44.7 Å². The molecule has 2 aromatic rings. The van der Waals surface area contributed by atoms with E-state index in [1.807, 2.05) is 0 Å². The van der Waals surface area contributed by atoms with E-state index in [1.54, 1.807) is 11.4 Å². The average molecular weight is 476 g/mol. The van der Waals surface area contributed by atoms with Gasteiger partial charge in [0, 0.05) is 30.6 Å². The lowest BCUT2D eigenvalue weighted by atomic mass is 9.94. The van der Waals surface area contributed by atoms with Crippen LogP contribution in [-0.2, 0) is 22.9 Å². The van der Waals surface area contributed by atoms with Crippen LogP contribution in [0.1, 0.15) is 57.8 Å². The first kappa shape index (κ1) is 22.9. The predicted octanol–water partition coefficient (Wildman–Crippen LogP) is 3.52. The number of nitrogens with zero attached hydrogens (tertiary/aromatic N) is 1. The Morgan fingerprint density at radius 2 is 1.69 bits per heavy atom. The van der Waals surface area contributed by atoms with Crippen LogP contribution in [0.3, 0.4) is 0 Å². The zero-order valence-electron chi connectivity index (χ0n) is 18.6. The average Bonchev–Trinajstić information content (AvgIpc) is 3.33. The molecule has 2 aliphatic rings. The minimum absolute atomic E-state index is 0.191. The molecule has 2 atom stereocenters. The van der Waals surface area contributed by atoms with Crippen molar-refractivity contribution < 1.29 is 18.0 Å². The van der Waals surface area contributed by atoms with Crippen LogP contribution >= 0.6 is 11.3 Å². The van der Waals surface area contributed by atoms with Gasteiger partial charge in [0.05, 0.1) is 10.5 Å². The summed E-state index contributed by atoms with van der Waals surface area (Å²) in [5.41, 5.74) is 1.92. The molecule has 1 aromatic heterocycles. The molecular weight excluding hydrogens is 446 g/mol. The van der Waals surface area contributed by atoms with Gasteiger partial charge >= 0.3 is 0 Å². The van der Waals surface area contributed by atoms with E-state index in [0.29, 0.717) is 41.1 Å². The minimum atomic E-state index is -3.60. The highest BCUT2D eigenvalue weighted by Crippen LogP contribution is 2.39. The predicted molar refractivity (Wildman–Crippen MR) is 126 cm³/mol. The zero-order chi connectivity index (χ0) is 23.0. The number of nitrogens with one attached hydrogen (secondary N) is 2. The maximum Gasteiger partial charge on any atom is 0.256 e. The highest BCUT2D eigenvalue weighted by Gasteiger charge is 2.32. The van der Waals surface area contributed by atoms with Gasteiger partial charge in [0.25, 0.3) is 11.8 Å². The van der Waals surface area contributed by atoms with Gasteiger partial charge in [-0.05, 0) is 67.3 Å². The second-order valence-electron chi connectivity index (χ2n) is 8.89. The third-order valence-corrected chi connectivity index (χ3v) is 9.25. The molecule has 32 heavy (non-hydrogen) atoms. The summed E-state index contributed by atoms with van der Waals surface area (Å²) in [6.07, 6.45) is 3.80. The van der Waals surface area contributed by atoms with Crippen molar-refractivity contribution in [3.8, 4) is 0 Å².